The quantitative estimate of drug-likeness (QED) is 0.472. The topological polar surface area (TPSA) is 47.3 Å². The van der Waals surface area contributed by atoms with Crippen molar-refractivity contribution in [3.63, 3.8) is 0 Å². The number of nitriles is 1. The number of carbonyl (C=O) groups excluding carboxylic acids is 1. The molecule has 1 atom stereocenters. The highest BCUT2D eigenvalue weighted by Crippen LogP contribution is 2.35. The number of hydrogen-bond donors (Lipinski definition) is 0. The van der Waals surface area contributed by atoms with Crippen molar-refractivity contribution in [2.45, 2.75) is 38.3 Å². The van der Waals surface area contributed by atoms with Crippen LogP contribution in [-0.2, 0) is 11.3 Å². The fourth-order valence-corrected chi connectivity index (χ4v) is 4.65. The largest absolute Gasteiger partial charge is 0.362 e. The minimum absolute atomic E-state index is 0.0157. The van der Waals surface area contributed by atoms with Crippen LogP contribution >= 0.6 is 34.8 Å². The lowest BCUT2D eigenvalue weighted by atomic mass is 10.1. The van der Waals surface area contributed by atoms with E-state index in [1.165, 1.54) is 12.1 Å². The third-order valence-corrected chi connectivity index (χ3v) is 6.91. The van der Waals surface area contributed by atoms with Gasteiger partial charge < -0.3 is 9.80 Å². The van der Waals surface area contributed by atoms with Gasteiger partial charge >= 0.3 is 0 Å². The Bertz CT molecular complexity index is 1050. The predicted molar refractivity (Wildman–Crippen MR) is 121 cm³/mol. The molecule has 8 heteroatoms. The first-order chi connectivity index (χ1) is 14.9. The minimum Gasteiger partial charge on any atom is -0.362 e. The molecule has 0 unspecified atom stereocenters. The summed E-state index contributed by atoms with van der Waals surface area (Å²) in [4.78, 5) is 16.6. The first kappa shape index (κ1) is 22.2. The van der Waals surface area contributed by atoms with Gasteiger partial charge in [0.1, 0.15) is 11.9 Å². The van der Waals surface area contributed by atoms with Crippen molar-refractivity contribution in [3.8, 4) is 6.07 Å². The summed E-state index contributed by atoms with van der Waals surface area (Å²) in [7, 11) is 0. The number of amides is 1. The molecule has 31 heavy (non-hydrogen) atoms. The van der Waals surface area contributed by atoms with Crippen molar-refractivity contribution in [2.24, 2.45) is 5.92 Å². The molecular weight excluding hydrogens is 460 g/mol. The van der Waals surface area contributed by atoms with Crippen molar-refractivity contribution in [1.29, 1.82) is 5.26 Å². The average Bonchev–Trinajstić information content (AvgIpc) is 3.41. The van der Waals surface area contributed by atoms with Crippen LogP contribution in [-0.4, -0.2) is 29.9 Å². The summed E-state index contributed by atoms with van der Waals surface area (Å²) >= 11 is 18.5. The van der Waals surface area contributed by atoms with E-state index in [0.29, 0.717) is 53.1 Å². The highest BCUT2D eigenvalue weighted by Gasteiger charge is 2.34. The van der Waals surface area contributed by atoms with Crippen LogP contribution in [0.2, 0.25) is 15.1 Å². The molecule has 0 radical (unpaired) electrons. The maximum Gasteiger partial charge on any atom is 0.222 e. The number of hydrogen-bond acceptors (Lipinski definition) is 3. The Labute approximate surface area is 196 Å². The van der Waals surface area contributed by atoms with E-state index in [4.69, 9.17) is 34.8 Å². The summed E-state index contributed by atoms with van der Waals surface area (Å²) in [6, 6.07) is 10.0. The van der Waals surface area contributed by atoms with Gasteiger partial charge in [-0.2, -0.15) is 5.26 Å². The summed E-state index contributed by atoms with van der Waals surface area (Å²) < 4.78 is 14.1. The SMILES string of the molecule is N#Cc1ccc(N(Cc2cc(F)c(Cl)cc2Cl)[C@H]2CCN(C(=O)CC3CC3)C2)cc1Cl. The Morgan fingerprint density at radius 3 is 2.58 bits per heavy atom. The molecule has 1 amide bonds. The molecule has 0 N–H and O–H groups in total. The van der Waals surface area contributed by atoms with Gasteiger partial charge in [-0.1, -0.05) is 34.8 Å². The van der Waals surface area contributed by atoms with E-state index in [1.54, 1.807) is 12.1 Å². The van der Waals surface area contributed by atoms with Gasteiger partial charge in [-0.25, -0.2) is 4.39 Å². The van der Waals surface area contributed by atoms with Crippen LogP contribution in [0.4, 0.5) is 10.1 Å². The number of benzene rings is 2. The predicted octanol–water partition coefficient (Wildman–Crippen LogP) is 6.07. The zero-order valence-electron chi connectivity index (χ0n) is 16.8. The lowest BCUT2D eigenvalue weighted by Crippen LogP contribution is -2.39. The van der Waals surface area contributed by atoms with Crippen LogP contribution in [0.3, 0.4) is 0 Å². The summed E-state index contributed by atoms with van der Waals surface area (Å²) in [5.74, 6) is 0.195. The number of halogens is 4. The normalized spacial score (nSPS) is 18.2. The Balaban J connectivity index is 1.61. The zero-order chi connectivity index (χ0) is 22.1. The van der Waals surface area contributed by atoms with Crippen molar-refractivity contribution in [2.75, 3.05) is 18.0 Å². The average molecular weight is 481 g/mol. The second-order valence-electron chi connectivity index (χ2n) is 8.19. The van der Waals surface area contributed by atoms with Gasteiger partial charge in [0.15, 0.2) is 0 Å². The van der Waals surface area contributed by atoms with Gasteiger partial charge in [-0.05, 0) is 61.1 Å². The molecule has 1 saturated carbocycles. The van der Waals surface area contributed by atoms with E-state index in [9.17, 15) is 14.4 Å². The van der Waals surface area contributed by atoms with Gasteiger partial charge in [0, 0.05) is 42.8 Å². The molecule has 2 fully saturated rings. The van der Waals surface area contributed by atoms with Gasteiger partial charge in [-0.3, -0.25) is 4.79 Å². The highest BCUT2D eigenvalue weighted by molar-refractivity contribution is 6.35. The molecule has 2 aromatic carbocycles. The maximum absolute atomic E-state index is 14.1. The van der Waals surface area contributed by atoms with Crippen LogP contribution in [0, 0.1) is 23.1 Å². The first-order valence-electron chi connectivity index (χ1n) is 10.2. The van der Waals surface area contributed by atoms with Crippen molar-refractivity contribution < 1.29 is 9.18 Å². The highest BCUT2D eigenvalue weighted by atomic mass is 35.5. The lowest BCUT2D eigenvalue weighted by Gasteiger charge is -2.32. The van der Waals surface area contributed by atoms with E-state index < -0.39 is 5.82 Å². The Morgan fingerprint density at radius 2 is 1.90 bits per heavy atom. The minimum atomic E-state index is -0.536. The van der Waals surface area contributed by atoms with Crippen molar-refractivity contribution in [1.82, 2.24) is 4.90 Å². The summed E-state index contributed by atoms with van der Waals surface area (Å²) in [5.41, 5.74) is 1.76. The smallest absolute Gasteiger partial charge is 0.222 e. The molecule has 2 aromatic rings. The van der Waals surface area contributed by atoms with Crippen LogP contribution in [0.25, 0.3) is 0 Å². The Hall–Kier alpha value is -2.00. The zero-order valence-corrected chi connectivity index (χ0v) is 19.0. The molecule has 0 bridgehead atoms. The third-order valence-electron chi connectivity index (χ3n) is 5.95. The number of rotatable bonds is 6. The molecule has 162 valence electrons. The fraction of sp³-hybridized carbons (Fsp3) is 0.391. The van der Waals surface area contributed by atoms with E-state index in [0.717, 1.165) is 24.9 Å². The summed E-state index contributed by atoms with van der Waals surface area (Å²) in [5, 5.41) is 9.88. The van der Waals surface area contributed by atoms with Crippen LogP contribution < -0.4 is 4.90 Å². The molecule has 1 heterocycles. The Morgan fingerprint density at radius 1 is 1.13 bits per heavy atom. The molecule has 0 spiro atoms. The lowest BCUT2D eigenvalue weighted by molar-refractivity contribution is -0.130. The van der Waals surface area contributed by atoms with Crippen molar-refractivity contribution in [3.05, 3.63) is 62.3 Å². The van der Waals surface area contributed by atoms with Crippen LogP contribution in [0.15, 0.2) is 30.3 Å². The maximum atomic E-state index is 14.1. The van der Waals surface area contributed by atoms with E-state index >= 15 is 0 Å². The summed E-state index contributed by atoms with van der Waals surface area (Å²) in [6.45, 7) is 1.58. The standard InChI is InChI=1S/C23H21Cl3FN3O/c24-19-9-17(4-3-15(19)11-28)30(12-16-8-22(27)21(26)10-20(16)25)18-5-6-29(13-18)23(31)7-14-1-2-14/h3-4,8-10,14,18H,1-2,5-7,12-13H2/t18-/m0/s1. The van der Waals surface area contributed by atoms with Crippen molar-refractivity contribution >= 4 is 46.4 Å². The number of likely N-dealkylation sites (tertiary alicyclic amines) is 1. The molecule has 4 rings (SSSR count). The van der Waals surface area contributed by atoms with E-state index in [1.807, 2.05) is 11.0 Å². The molecule has 1 aliphatic heterocycles. The van der Waals surface area contributed by atoms with Gasteiger partial charge in [0.05, 0.1) is 15.6 Å². The molecule has 1 saturated heterocycles. The second-order valence-corrected chi connectivity index (χ2v) is 9.41. The molecule has 4 nitrogen and oxygen atoms in total. The monoisotopic (exact) mass is 479 g/mol. The molecular formula is C23H21Cl3FN3O. The van der Waals surface area contributed by atoms with Gasteiger partial charge in [0.2, 0.25) is 5.91 Å². The number of carbonyl (C=O) groups is 1. The first-order valence-corrected chi connectivity index (χ1v) is 11.4. The molecule has 0 aromatic heterocycles. The van der Waals surface area contributed by atoms with Crippen LogP contribution in [0.1, 0.15) is 36.8 Å². The Kier molecular flexibility index (Phi) is 6.62. The van der Waals surface area contributed by atoms with Gasteiger partial charge in [0.25, 0.3) is 0 Å². The number of nitrogens with zero attached hydrogens (tertiary/aromatic N) is 3. The molecule has 1 aliphatic carbocycles. The van der Waals surface area contributed by atoms with Gasteiger partial charge in [-0.15, -0.1) is 0 Å². The van der Waals surface area contributed by atoms with E-state index in [2.05, 4.69) is 11.0 Å². The third kappa shape index (κ3) is 5.09. The van der Waals surface area contributed by atoms with Crippen LogP contribution in [0.5, 0.6) is 0 Å². The second kappa shape index (κ2) is 9.24. The summed E-state index contributed by atoms with van der Waals surface area (Å²) in [6.07, 6.45) is 3.67. The number of anilines is 1. The fourth-order valence-electron chi connectivity index (χ4n) is 3.99. The van der Waals surface area contributed by atoms with E-state index in [-0.39, 0.29) is 17.0 Å². The molecule has 2 aliphatic rings.